The van der Waals surface area contributed by atoms with Gasteiger partial charge in [-0.05, 0) is 24.1 Å². The van der Waals surface area contributed by atoms with Gasteiger partial charge >= 0.3 is 0 Å². The number of hydrogen-bond donors (Lipinski definition) is 1. The number of unbranched alkanes of at least 4 members (excludes halogenated alkanes) is 2. The van der Waals surface area contributed by atoms with E-state index in [0.29, 0.717) is 10.0 Å². The van der Waals surface area contributed by atoms with Crippen LogP contribution in [0.15, 0.2) is 18.2 Å². The lowest BCUT2D eigenvalue weighted by atomic mass is 10.0. The van der Waals surface area contributed by atoms with E-state index in [2.05, 4.69) is 6.92 Å². The molecule has 1 rings (SSSR count). The number of benzene rings is 1. The maximum absolute atomic E-state index is 6.05. The fourth-order valence-corrected chi connectivity index (χ4v) is 1.83. The number of hydrogen-bond acceptors (Lipinski definition) is 1. The fraction of sp³-hybridized carbons (Fsp3) is 0.500. The molecule has 1 aromatic carbocycles. The highest BCUT2D eigenvalue weighted by atomic mass is 35.5. The molecule has 0 radical (unpaired) electrons. The Morgan fingerprint density at radius 1 is 1.19 bits per heavy atom. The minimum atomic E-state index is 0. The lowest BCUT2D eigenvalue weighted by molar-refractivity contribution is 0.581. The molecule has 0 amide bonds. The lowest BCUT2D eigenvalue weighted by Crippen LogP contribution is -2.09. The first-order valence-electron chi connectivity index (χ1n) is 5.35. The molecular weight excluding hydrogens is 264 g/mol. The minimum absolute atomic E-state index is 0. The van der Waals surface area contributed by atoms with E-state index < -0.39 is 0 Å². The summed E-state index contributed by atoms with van der Waals surface area (Å²) in [4.78, 5) is 0. The number of halogens is 3. The zero-order chi connectivity index (χ0) is 11.3. The summed E-state index contributed by atoms with van der Waals surface area (Å²) in [6, 6.07) is 5.69. The zero-order valence-electron chi connectivity index (χ0n) is 9.38. The Morgan fingerprint density at radius 3 is 2.44 bits per heavy atom. The topological polar surface area (TPSA) is 26.0 Å². The Hall–Kier alpha value is 0.0500. The summed E-state index contributed by atoms with van der Waals surface area (Å²) < 4.78 is 0. The highest BCUT2D eigenvalue weighted by molar-refractivity contribution is 6.42. The molecule has 0 fully saturated rings. The molecule has 0 aromatic heterocycles. The van der Waals surface area contributed by atoms with Crippen molar-refractivity contribution >= 4 is 35.6 Å². The molecular formula is C12H18Cl3N. The standard InChI is InChI=1S/C12H17Cl2N.ClH/c1-2-3-4-5-12(15)9-6-7-10(13)11(14)8-9;/h6-8,12H,2-5,15H2,1H3;1H/t12-;/m0./s1. The van der Waals surface area contributed by atoms with Crippen LogP contribution in [0.5, 0.6) is 0 Å². The highest BCUT2D eigenvalue weighted by Gasteiger charge is 2.07. The van der Waals surface area contributed by atoms with Gasteiger partial charge in [-0.15, -0.1) is 12.4 Å². The molecule has 0 spiro atoms. The molecule has 0 aliphatic heterocycles. The number of rotatable bonds is 5. The van der Waals surface area contributed by atoms with Crippen molar-refractivity contribution < 1.29 is 0 Å². The second-order valence-electron chi connectivity index (χ2n) is 3.78. The van der Waals surface area contributed by atoms with Crippen LogP contribution in [0.4, 0.5) is 0 Å². The van der Waals surface area contributed by atoms with E-state index in [1.165, 1.54) is 12.8 Å². The van der Waals surface area contributed by atoms with Crippen LogP contribution in [0.1, 0.15) is 44.2 Å². The molecule has 4 heteroatoms. The number of nitrogens with two attached hydrogens (primary N) is 1. The van der Waals surface area contributed by atoms with E-state index in [9.17, 15) is 0 Å². The summed E-state index contributed by atoms with van der Waals surface area (Å²) in [6.07, 6.45) is 4.62. The van der Waals surface area contributed by atoms with Crippen LogP contribution in [0.3, 0.4) is 0 Å². The maximum Gasteiger partial charge on any atom is 0.0595 e. The molecule has 1 atom stereocenters. The molecule has 0 saturated heterocycles. The van der Waals surface area contributed by atoms with E-state index in [0.717, 1.165) is 18.4 Å². The van der Waals surface area contributed by atoms with Gasteiger partial charge in [0.15, 0.2) is 0 Å². The predicted molar refractivity (Wildman–Crippen MR) is 74.8 cm³/mol. The summed E-state index contributed by atoms with van der Waals surface area (Å²) in [5.74, 6) is 0. The van der Waals surface area contributed by atoms with Crippen LogP contribution < -0.4 is 5.73 Å². The maximum atomic E-state index is 6.05. The summed E-state index contributed by atoms with van der Waals surface area (Å²) in [6.45, 7) is 2.19. The molecule has 2 N–H and O–H groups in total. The monoisotopic (exact) mass is 281 g/mol. The highest BCUT2D eigenvalue weighted by Crippen LogP contribution is 2.26. The van der Waals surface area contributed by atoms with E-state index in [1.807, 2.05) is 12.1 Å². The van der Waals surface area contributed by atoms with Gasteiger partial charge in [0.05, 0.1) is 10.0 Å². The van der Waals surface area contributed by atoms with Crippen molar-refractivity contribution in [2.75, 3.05) is 0 Å². The minimum Gasteiger partial charge on any atom is -0.324 e. The van der Waals surface area contributed by atoms with E-state index in [1.54, 1.807) is 6.07 Å². The molecule has 0 bridgehead atoms. The average molecular weight is 283 g/mol. The van der Waals surface area contributed by atoms with Crippen LogP contribution in [-0.4, -0.2) is 0 Å². The van der Waals surface area contributed by atoms with Crippen molar-refractivity contribution in [3.63, 3.8) is 0 Å². The van der Waals surface area contributed by atoms with Crippen molar-refractivity contribution in [3.05, 3.63) is 33.8 Å². The molecule has 16 heavy (non-hydrogen) atoms. The summed E-state index contributed by atoms with van der Waals surface area (Å²) in [7, 11) is 0. The zero-order valence-corrected chi connectivity index (χ0v) is 11.7. The Balaban J connectivity index is 0.00000225. The van der Waals surface area contributed by atoms with Gasteiger partial charge in [0, 0.05) is 6.04 Å². The fourth-order valence-electron chi connectivity index (χ4n) is 1.52. The van der Waals surface area contributed by atoms with Gasteiger partial charge in [-0.3, -0.25) is 0 Å². The third-order valence-electron chi connectivity index (χ3n) is 2.49. The van der Waals surface area contributed by atoms with Crippen LogP contribution >= 0.6 is 35.6 Å². The van der Waals surface area contributed by atoms with Crippen molar-refractivity contribution in [1.29, 1.82) is 0 Å². The summed E-state index contributed by atoms with van der Waals surface area (Å²) >= 11 is 11.8. The molecule has 1 aromatic rings. The van der Waals surface area contributed by atoms with E-state index >= 15 is 0 Å². The second kappa shape index (κ2) is 8.19. The van der Waals surface area contributed by atoms with Crippen LogP contribution in [0, 0.1) is 0 Å². The molecule has 0 unspecified atom stereocenters. The third-order valence-corrected chi connectivity index (χ3v) is 3.23. The molecule has 92 valence electrons. The van der Waals surface area contributed by atoms with Gasteiger partial charge < -0.3 is 5.73 Å². The Kier molecular flexibility index (Phi) is 8.21. The van der Waals surface area contributed by atoms with Crippen LogP contribution in [0.25, 0.3) is 0 Å². The lowest BCUT2D eigenvalue weighted by Gasteiger charge is -2.12. The van der Waals surface area contributed by atoms with Crippen LogP contribution in [0.2, 0.25) is 10.0 Å². The van der Waals surface area contributed by atoms with Crippen LogP contribution in [-0.2, 0) is 0 Å². The molecule has 0 aliphatic rings. The summed E-state index contributed by atoms with van der Waals surface area (Å²) in [5.41, 5.74) is 7.12. The first kappa shape index (κ1) is 16.1. The Labute approximate surface area is 114 Å². The first-order chi connectivity index (χ1) is 7.15. The van der Waals surface area contributed by atoms with Gasteiger partial charge in [0.25, 0.3) is 0 Å². The van der Waals surface area contributed by atoms with Crippen molar-refractivity contribution in [3.8, 4) is 0 Å². The Bertz CT molecular complexity index is 315. The van der Waals surface area contributed by atoms with Crippen molar-refractivity contribution in [1.82, 2.24) is 0 Å². The van der Waals surface area contributed by atoms with Crippen molar-refractivity contribution in [2.45, 2.75) is 38.6 Å². The Morgan fingerprint density at radius 2 is 1.88 bits per heavy atom. The molecule has 0 aliphatic carbocycles. The van der Waals surface area contributed by atoms with Gasteiger partial charge in [-0.25, -0.2) is 0 Å². The third kappa shape index (κ3) is 4.92. The molecule has 1 nitrogen and oxygen atoms in total. The summed E-state index contributed by atoms with van der Waals surface area (Å²) in [5, 5.41) is 1.17. The largest absolute Gasteiger partial charge is 0.324 e. The molecule has 0 saturated carbocycles. The predicted octanol–water partition coefficient (Wildman–Crippen LogP) is 5.00. The van der Waals surface area contributed by atoms with Gasteiger partial charge in [-0.1, -0.05) is 55.5 Å². The van der Waals surface area contributed by atoms with Gasteiger partial charge in [0.1, 0.15) is 0 Å². The smallest absolute Gasteiger partial charge is 0.0595 e. The van der Waals surface area contributed by atoms with E-state index in [-0.39, 0.29) is 18.4 Å². The quantitative estimate of drug-likeness (QED) is 0.756. The van der Waals surface area contributed by atoms with Crippen molar-refractivity contribution in [2.24, 2.45) is 5.73 Å². The van der Waals surface area contributed by atoms with Gasteiger partial charge in [-0.2, -0.15) is 0 Å². The second-order valence-corrected chi connectivity index (χ2v) is 4.59. The SMILES string of the molecule is CCCCC[C@H](N)c1ccc(Cl)c(Cl)c1.Cl. The normalized spacial score (nSPS) is 12.0. The first-order valence-corrected chi connectivity index (χ1v) is 6.11. The van der Waals surface area contributed by atoms with E-state index in [4.69, 9.17) is 28.9 Å². The molecule has 0 heterocycles. The average Bonchev–Trinajstić information content (AvgIpc) is 2.22. The van der Waals surface area contributed by atoms with Gasteiger partial charge in [0.2, 0.25) is 0 Å².